The van der Waals surface area contributed by atoms with Gasteiger partial charge in [-0.05, 0) is 36.6 Å². The first-order chi connectivity index (χ1) is 13.1. The number of carbonyl (C=O) groups excluding carboxylic acids is 1. The average Bonchev–Trinajstić information content (AvgIpc) is 3.22. The van der Waals surface area contributed by atoms with Crippen LogP contribution in [0.2, 0.25) is 0 Å². The van der Waals surface area contributed by atoms with Gasteiger partial charge in [-0.15, -0.1) is 0 Å². The third-order valence-corrected chi connectivity index (χ3v) is 4.63. The predicted octanol–water partition coefficient (Wildman–Crippen LogP) is 2.68. The van der Waals surface area contributed by atoms with Gasteiger partial charge in [-0.25, -0.2) is 4.79 Å². The normalized spacial score (nSPS) is 13.6. The van der Waals surface area contributed by atoms with Crippen molar-refractivity contribution in [1.82, 2.24) is 10.2 Å². The summed E-state index contributed by atoms with van der Waals surface area (Å²) in [5.41, 5.74) is 2.26. The number of aromatic carboxylic acids is 1. The SMILES string of the molecule is O=C(O)c1ccc(CNCc2ccccc2OCC(=O)N2CCCC2)cc1. The maximum Gasteiger partial charge on any atom is 0.335 e. The summed E-state index contributed by atoms with van der Waals surface area (Å²) < 4.78 is 5.76. The van der Waals surface area contributed by atoms with Crippen molar-refractivity contribution in [1.29, 1.82) is 0 Å². The molecule has 3 rings (SSSR count). The predicted molar refractivity (Wildman–Crippen MR) is 102 cm³/mol. The highest BCUT2D eigenvalue weighted by molar-refractivity contribution is 5.87. The Morgan fingerprint density at radius 1 is 1.00 bits per heavy atom. The molecule has 142 valence electrons. The largest absolute Gasteiger partial charge is 0.483 e. The van der Waals surface area contributed by atoms with E-state index in [1.54, 1.807) is 24.3 Å². The number of amides is 1. The van der Waals surface area contributed by atoms with Crippen molar-refractivity contribution in [3.8, 4) is 5.75 Å². The molecule has 0 atom stereocenters. The van der Waals surface area contributed by atoms with E-state index in [9.17, 15) is 9.59 Å². The van der Waals surface area contributed by atoms with Crippen LogP contribution in [0.25, 0.3) is 0 Å². The van der Waals surface area contributed by atoms with E-state index in [1.807, 2.05) is 29.2 Å². The second-order valence-corrected chi connectivity index (χ2v) is 6.59. The minimum absolute atomic E-state index is 0.0359. The van der Waals surface area contributed by atoms with E-state index >= 15 is 0 Å². The molecule has 2 aromatic carbocycles. The zero-order chi connectivity index (χ0) is 19.1. The second kappa shape index (κ2) is 9.19. The fourth-order valence-corrected chi connectivity index (χ4v) is 3.09. The fourth-order valence-electron chi connectivity index (χ4n) is 3.09. The highest BCUT2D eigenvalue weighted by Gasteiger charge is 2.18. The Bertz CT molecular complexity index is 783. The summed E-state index contributed by atoms with van der Waals surface area (Å²) in [6.07, 6.45) is 2.14. The summed E-state index contributed by atoms with van der Waals surface area (Å²) in [6.45, 7) is 2.92. The van der Waals surface area contributed by atoms with Crippen molar-refractivity contribution in [3.63, 3.8) is 0 Å². The average molecular weight is 368 g/mol. The number of likely N-dealkylation sites (tertiary alicyclic amines) is 1. The molecule has 1 amide bonds. The molecule has 0 aromatic heterocycles. The van der Waals surface area contributed by atoms with Gasteiger partial charge in [-0.1, -0.05) is 30.3 Å². The van der Waals surface area contributed by atoms with Gasteiger partial charge in [-0.2, -0.15) is 0 Å². The Kier molecular flexibility index (Phi) is 6.44. The number of rotatable bonds is 8. The Balaban J connectivity index is 1.51. The number of carboxylic acids is 1. The first-order valence-corrected chi connectivity index (χ1v) is 9.15. The van der Waals surface area contributed by atoms with Gasteiger partial charge < -0.3 is 20.1 Å². The lowest BCUT2D eigenvalue weighted by atomic mass is 10.1. The van der Waals surface area contributed by atoms with E-state index in [1.165, 1.54) is 0 Å². The number of nitrogens with one attached hydrogen (secondary N) is 1. The molecule has 6 heteroatoms. The molecular formula is C21H24N2O4. The zero-order valence-corrected chi connectivity index (χ0v) is 15.2. The third kappa shape index (κ3) is 5.31. The molecule has 1 saturated heterocycles. The molecule has 0 aliphatic carbocycles. The third-order valence-electron chi connectivity index (χ3n) is 4.63. The van der Waals surface area contributed by atoms with Gasteiger partial charge >= 0.3 is 5.97 Å². The van der Waals surface area contributed by atoms with Gasteiger partial charge in [0.2, 0.25) is 0 Å². The molecule has 1 heterocycles. The highest BCUT2D eigenvalue weighted by atomic mass is 16.5. The van der Waals surface area contributed by atoms with Crippen LogP contribution in [0.3, 0.4) is 0 Å². The first-order valence-electron chi connectivity index (χ1n) is 9.15. The Morgan fingerprint density at radius 2 is 1.70 bits per heavy atom. The lowest BCUT2D eigenvalue weighted by Gasteiger charge is -2.17. The van der Waals surface area contributed by atoms with Crippen molar-refractivity contribution in [2.24, 2.45) is 0 Å². The van der Waals surface area contributed by atoms with E-state index in [0.717, 1.165) is 37.1 Å². The number of nitrogens with zero attached hydrogens (tertiary/aromatic N) is 1. The molecule has 1 aliphatic rings. The molecule has 0 radical (unpaired) electrons. The molecule has 2 N–H and O–H groups in total. The van der Waals surface area contributed by atoms with Crippen LogP contribution in [0.4, 0.5) is 0 Å². The maximum absolute atomic E-state index is 12.1. The van der Waals surface area contributed by atoms with Crippen LogP contribution in [0.15, 0.2) is 48.5 Å². The van der Waals surface area contributed by atoms with Gasteiger partial charge in [0, 0.05) is 31.7 Å². The van der Waals surface area contributed by atoms with Crippen molar-refractivity contribution in [3.05, 3.63) is 65.2 Å². The summed E-state index contributed by atoms with van der Waals surface area (Å²) in [5, 5.41) is 12.3. The number of hydrogen-bond donors (Lipinski definition) is 2. The second-order valence-electron chi connectivity index (χ2n) is 6.59. The highest BCUT2D eigenvalue weighted by Crippen LogP contribution is 2.18. The molecular weight excluding hydrogens is 344 g/mol. The maximum atomic E-state index is 12.1. The molecule has 0 saturated carbocycles. The van der Waals surface area contributed by atoms with Gasteiger partial charge in [0.05, 0.1) is 5.56 Å². The lowest BCUT2D eigenvalue weighted by Crippen LogP contribution is -2.32. The monoisotopic (exact) mass is 368 g/mol. The number of carbonyl (C=O) groups is 2. The molecule has 1 aliphatic heterocycles. The summed E-state index contributed by atoms with van der Waals surface area (Å²) in [6, 6.07) is 14.5. The van der Waals surface area contributed by atoms with Crippen LogP contribution in [-0.4, -0.2) is 41.6 Å². The molecule has 2 aromatic rings. The van der Waals surface area contributed by atoms with Gasteiger partial charge in [0.15, 0.2) is 6.61 Å². The molecule has 0 unspecified atom stereocenters. The summed E-state index contributed by atoms with van der Waals surface area (Å²) in [4.78, 5) is 24.9. The van der Waals surface area contributed by atoms with Crippen LogP contribution in [0.1, 0.15) is 34.3 Å². The smallest absolute Gasteiger partial charge is 0.335 e. The van der Waals surface area contributed by atoms with Crippen molar-refractivity contribution >= 4 is 11.9 Å². The lowest BCUT2D eigenvalue weighted by molar-refractivity contribution is -0.132. The van der Waals surface area contributed by atoms with Crippen LogP contribution in [0.5, 0.6) is 5.75 Å². The minimum atomic E-state index is -0.927. The fraction of sp³-hybridized carbons (Fsp3) is 0.333. The molecule has 27 heavy (non-hydrogen) atoms. The Labute approximate surface area is 158 Å². The quantitative estimate of drug-likeness (QED) is 0.749. The van der Waals surface area contributed by atoms with Crippen molar-refractivity contribution < 1.29 is 19.4 Å². The minimum Gasteiger partial charge on any atom is -0.483 e. The van der Waals surface area contributed by atoms with E-state index in [4.69, 9.17) is 9.84 Å². The number of benzene rings is 2. The number of carboxylic acid groups (broad SMARTS) is 1. The standard InChI is InChI=1S/C21H24N2O4/c24-20(23-11-3-4-12-23)15-27-19-6-2-1-5-18(19)14-22-13-16-7-9-17(10-8-16)21(25)26/h1-2,5-10,22H,3-4,11-15H2,(H,25,26). The van der Waals surface area contributed by atoms with Crippen molar-refractivity contribution in [2.45, 2.75) is 25.9 Å². The van der Waals surface area contributed by atoms with E-state index in [2.05, 4.69) is 5.32 Å². The van der Waals surface area contributed by atoms with Crippen molar-refractivity contribution in [2.75, 3.05) is 19.7 Å². The zero-order valence-electron chi connectivity index (χ0n) is 15.2. The van der Waals surface area contributed by atoms with Gasteiger partial charge in [-0.3, -0.25) is 4.79 Å². The molecule has 0 bridgehead atoms. The molecule has 0 spiro atoms. The molecule has 6 nitrogen and oxygen atoms in total. The Morgan fingerprint density at radius 3 is 2.41 bits per heavy atom. The van der Waals surface area contributed by atoms with Crippen LogP contribution >= 0.6 is 0 Å². The topological polar surface area (TPSA) is 78.9 Å². The van der Waals surface area contributed by atoms with E-state index in [0.29, 0.717) is 18.8 Å². The summed E-state index contributed by atoms with van der Waals surface area (Å²) in [7, 11) is 0. The first kappa shape index (κ1) is 18.9. The Hall–Kier alpha value is -2.86. The number of para-hydroxylation sites is 1. The van der Waals surface area contributed by atoms with E-state index < -0.39 is 5.97 Å². The summed E-state index contributed by atoms with van der Waals surface area (Å²) >= 11 is 0. The van der Waals surface area contributed by atoms with Crippen LogP contribution in [-0.2, 0) is 17.9 Å². The van der Waals surface area contributed by atoms with Crippen LogP contribution < -0.4 is 10.1 Å². The van der Waals surface area contributed by atoms with Gasteiger partial charge in [0.1, 0.15) is 5.75 Å². The van der Waals surface area contributed by atoms with Crippen LogP contribution in [0, 0.1) is 0 Å². The van der Waals surface area contributed by atoms with Gasteiger partial charge in [0.25, 0.3) is 5.91 Å². The summed E-state index contributed by atoms with van der Waals surface area (Å²) in [5.74, 6) is -0.184. The molecule has 1 fully saturated rings. The van der Waals surface area contributed by atoms with E-state index in [-0.39, 0.29) is 18.1 Å². The number of ether oxygens (including phenoxy) is 1. The number of hydrogen-bond acceptors (Lipinski definition) is 4.